The molecule has 1 aromatic heterocycles. The van der Waals surface area contributed by atoms with Crippen LogP contribution in [0.2, 0.25) is 5.02 Å². The third-order valence-corrected chi connectivity index (χ3v) is 3.31. The number of rotatable bonds is 4. The number of pyridine rings is 1. The average molecular weight is 290 g/mol. The molecule has 1 heterocycles. The second-order valence-corrected chi connectivity index (χ2v) is 4.94. The Hall–Kier alpha value is -2.07. The number of anilines is 1. The Morgan fingerprint density at radius 3 is 2.80 bits per heavy atom. The van der Waals surface area contributed by atoms with Crippen LogP contribution in [0, 0.1) is 0 Å². The zero-order chi connectivity index (χ0) is 14.5. The SMILES string of the molecule is CN(CCc1ccccn1)C(=O)c1ccc(N)cc1Cl. The molecule has 0 unspecified atom stereocenters. The summed E-state index contributed by atoms with van der Waals surface area (Å²) in [6.45, 7) is 0.580. The van der Waals surface area contributed by atoms with Crippen molar-refractivity contribution in [1.29, 1.82) is 0 Å². The lowest BCUT2D eigenvalue weighted by atomic mass is 10.1. The fourth-order valence-corrected chi connectivity index (χ4v) is 2.11. The Labute approximate surface area is 123 Å². The smallest absolute Gasteiger partial charge is 0.255 e. The molecule has 5 heteroatoms. The number of nitrogen functional groups attached to an aromatic ring is 1. The molecule has 104 valence electrons. The van der Waals surface area contributed by atoms with Gasteiger partial charge in [-0.1, -0.05) is 17.7 Å². The van der Waals surface area contributed by atoms with Gasteiger partial charge in [0.1, 0.15) is 0 Å². The summed E-state index contributed by atoms with van der Waals surface area (Å²) in [4.78, 5) is 18.1. The van der Waals surface area contributed by atoms with Crippen molar-refractivity contribution in [2.75, 3.05) is 19.3 Å². The number of benzene rings is 1. The van der Waals surface area contributed by atoms with E-state index in [0.717, 1.165) is 5.69 Å². The zero-order valence-electron chi connectivity index (χ0n) is 11.2. The molecular weight excluding hydrogens is 274 g/mol. The van der Waals surface area contributed by atoms with Crippen molar-refractivity contribution in [2.24, 2.45) is 0 Å². The number of carbonyl (C=O) groups is 1. The van der Waals surface area contributed by atoms with E-state index in [0.29, 0.717) is 29.2 Å². The molecule has 1 amide bonds. The fraction of sp³-hybridized carbons (Fsp3) is 0.200. The maximum atomic E-state index is 12.3. The first kappa shape index (κ1) is 14.3. The molecule has 2 N–H and O–H groups in total. The van der Waals surface area contributed by atoms with Crippen LogP contribution in [0.4, 0.5) is 5.69 Å². The first-order valence-electron chi connectivity index (χ1n) is 6.28. The third-order valence-electron chi connectivity index (χ3n) is 3.00. The molecule has 0 spiro atoms. The number of carbonyl (C=O) groups excluding carboxylic acids is 1. The second-order valence-electron chi connectivity index (χ2n) is 4.54. The molecule has 20 heavy (non-hydrogen) atoms. The third kappa shape index (κ3) is 3.48. The highest BCUT2D eigenvalue weighted by molar-refractivity contribution is 6.34. The van der Waals surface area contributed by atoms with Crippen LogP contribution in [-0.4, -0.2) is 29.4 Å². The van der Waals surface area contributed by atoms with Crippen molar-refractivity contribution in [3.63, 3.8) is 0 Å². The van der Waals surface area contributed by atoms with Crippen molar-refractivity contribution in [1.82, 2.24) is 9.88 Å². The summed E-state index contributed by atoms with van der Waals surface area (Å²) in [5.41, 5.74) is 7.58. The Morgan fingerprint density at radius 2 is 2.15 bits per heavy atom. The van der Waals surface area contributed by atoms with Crippen LogP contribution in [0.15, 0.2) is 42.6 Å². The highest BCUT2D eigenvalue weighted by Gasteiger charge is 2.15. The van der Waals surface area contributed by atoms with E-state index in [-0.39, 0.29) is 5.91 Å². The van der Waals surface area contributed by atoms with Crippen molar-refractivity contribution >= 4 is 23.2 Å². The topological polar surface area (TPSA) is 59.2 Å². The minimum atomic E-state index is -0.120. The minimum absolute atomic E-state index is 0.120. The van der Waals surface area contributed by atoms with Crippen LogP contribution in [-0.2, 0) is 6.42 Å². The van der Waals surface area contributed by atoms with Gasteiger partial charge in [-0.15, -0.1) is 0 Å². The summed E-state index contributed by atoms with van der Waals surface area (Å²) >= 11 is 6.05. The van der Waals surface area contributed by atoms with E-state index >= 15 is 0 Å². The van der Waals surface area contributed by atoms with E-state index in [1.165, 1.54) is 0 Å². The number of nitrogens with two attached hydrogens (primary N) is 1. The Kier molecular flexibility index (Phi) is 4.58. The number of likely N-dealkylation sites (N-methyl/N-ethyl adjacent to an activating group) is 1. The number of hydrogen-bond acceptors (Lipinski definition) is 3. The molecule has 0 bridgehead atoms. The van der Waals surface area contributed by atoms with Gasteiger partial charge in [0.05, 0.1) is 10.6 Å². The van der Waals surface area contributed by atoms with Crippen molar-refractivity contribution in [3.8, 4) is 0 Å². The van der Waals surface area contributed by atoms with Gasteiger partial charge in [0.2, 0.25) is 0 Å². The van der Waals surface area contributed by atoms with E-state index < -0.39 is 0 Å². The summed E-state index contributed by atoms with van der Waals surface area (Å²) in [7, 11) is 1.75. The van der Waals surface area contributed by atoms with Crippen LogP contribution in [0.3, 0.4) is 0 Å². The average Bonchev–Trinajstić information content (AvgIpc) is 2.45. The molecule has 0 radical (unpaired) electrons. The molecule has 0 saturated carbocycles. The molecule has 4 nitrogen and oxygen atoms in total. The lowest BCUT2D eigenvalue weighted by molar-refractivity contribution is 0.0796. The molecule has 2 rings (SSSR count). The molecule has 1 aromatic carbocycles. The van der Waals surface area contributed by atoms with Gasteiger partial charge in [-0.05, 0) is 30.3 Å². The summed E-state index contributed by atoms with van der Waals surface area (Å²) in [5.74, 6) is -0.120. The van der Waals surface area contributed by atoms with Gasteiger partial charge in [-0.3, -0.25) is 9.78 Å². The van der Waals surface area contributed by atoms with E-state index in [2.05, 4.69) is 4.98 Å². The maximum absolute atomic E-state index is 12.3. The van der Waals surface area contributed by atoms with Crippen LogP contribution in [0.1, 0.15) is 16.1 Å². The molecule has 0 atom stereocenters. The largest absolute Gasteiger partial charge is 0.399 e. The van der Waals surface area contributed by atoms with Gasteiger partial charge >= 0.3 is 0 Å². The minimum Gasteiger partial charge on any atom is -0.399 e. The standard InChI is InChI=1S/C15H16ClN3O/c1-19(9-7-12-4-2-3-8-18-12)15(20)13-6-5-11(17)10-14(13)16/h2-6,8,10H,7,9,17H2,1H3. The van der Waals surface area contributed by atoms with Gasteiger partial charge in [0.15, 0.2) is 0 Å². The zero-order valence-corrected chi connectivity index (χ0v) is 12.0. The number of nitrogens with zero attached hydrogens (tertiary/aromatic N) is 2. The molecule has 0 aliphatic carbocycles. The molecule has 0 fully saturated rings. The molecule has 2 aromatic rings. The lowest BCUT2D eigenvalue weighted by Gasteiger charge is -2.17. The Morgan fingerprint density at radius 1 is 1.35 bits per heavy atom. The first-order chi connectivity index (χ1) is 9.58. The Bertz CT molecular complexity index is 601. The van der Waals surface area contributed by atoms with Crippen molar-refractivity contribution in [2.45, 2.75) is 6.42 Å². The summed E-state index contributed by atoms with van der Waals surface area (Å²) in [6.07, 6.45) is 2.45. The van der Waals surface area contributed by atoms with Crippen LogP contribution in [0.5, 0.6) is 0 Å². The molecular formula is C15H16ClN3O. The second kappa shape index (κ2) is 6.39. The van der Waals surface area contributed by atoms with Crippen LogP contribution < -0.4 is 5.73 Å². The first-order valence-corrected chi connectivity index (χ1v) is 6.66. The molecule has 0 saturated heterocycles. The van der Waals surface area contributed by atoms with Gasteiger partial charge < -0.3 is 10.6 Å². The number of hydrogen-bond donors (Lipinski definition) is 1. The predicted octanol–water partition coefficient (Wildman–Crippen LogP) is 2.63. The lowest BCUT2D eigenvalue weighted by Crippen LogP contribution is -2.29. The van der Waals surface area contributed by atoms with E-state index in [4.69, 9.17) is 17.3 Å². The maximum Gasteiger partial charge on any atom is 0.255 e. The highest BCUT2D eigenvalue weighted by atomic mass is 35.5. The molecule has 0 aliphatic heterocycles. The number of amides is 1. The fourth-order valence-electron chi connectivity index (χ4n) is 1.84. The summed E-state index contributed by atoms with van der Waals surface area (Å²) in [5, 5.41) is 0.375. The molecule has 0 aliphatic rings. The van der Waals surface area contributed by atoms with Gasteiger partial charge in [-0.25, -0.2) is 0 Å². The van der Waals surface area contributed by atoms with Crippen LogP contribution >= 0.6 is 11.6 Å². The Balaban J connectivity index is 2.01. The van der Waals surface area contributed by atoms with Crippen molar-refractivity contribution < 1.29 is 4.79 Å². The van der Waals surface area contributed by atoms with E-state index in [1.807, 2.05) is 18.2 Å². The van der Waals surface area contributed by atoms with Gasteiger partial charge in [0.25, 0.3) is 5.91 Å². The van der Waals surface area contributed by atoms with Gasteiger partial charge in [-0.2, -0.15) is 0 Å². The van der Waals surface area contributed by atoms with E-state index in [9.17, 15) is 4.79 Å². The quantitative estimate of drug-likeness (QED) is 0.880. The normalized spacial score (nSPS) is 10.3. The van der Waals surface area contributed by atoms with Crippen molar-refractivity contribution in [3.05, 3.63) is 58.9 Å². The monoisotopic (exact) mass is 289 g/mol. The number of halogens is 1. The summed E-state index contributed by atoms with van der Waals surface area (Å²) < 4.78 is 0. The number of aromatic nitrogens is 1. The highest BCUT2D eigenvalue weighted by Crippen LogP contribution is 2.20. The predicted molar refractivity (Wildman–Crippen MR) is 80.8 cm³/mol. The van der Waals surface area contributed by atoms with E-state index in [1.54, 1.807) is 36.3 Å². The van der Waals surface area contributed by atoms with Crippen LogP contribution in [0.25, 0.3) is 0 Å². The van der Waals surface area contributed by atoms with Gasteiger partial charge in [0, 0.05) is 37.6 Å². The summed E-state index contributed by atoms with van der Waals surface area (Å²) in [6, 6.07) is 10.6.